The summed E-state index contributed by atoms with van der Waals surface area (Å²) in [7, 11) is -0.618. The van der Waals surface area contributed by atoms with Gasteiger partial charge < -0.3 is 4.90 Å². The first-order chi connectivity index (χ1) is 19.5. The lowest BCUT2D eigenvalue weighted by Crippen LogP contribution is -2.77. The van der Waals surface area contributed by atoms with Crippen molar-refractivity contribution in [1.82, 2.24) is 9.96 Å². The number of carbonyl (C=O) groups excluding carboxylic acids is 3. The molecule has 0 radical (unpaired) electrons. The molecule has 2 aliphatic heterocycles. The van der Waals surface area contributed by atoms with Crippen LogP contribution in [-0.2, 0) is 24.0 Å². The van der Waals surface area contributed by atoms with Gasteiger partial charge in [-0.2, -0.15) is 0 Å². The number of ketones is 1. The molecule has 214 valence electrons. The normalized spacial score (nSPS) is 22.9. The minimum absolute atomic E-state index is 0.0664. The Hall–Kier alpha value is -3.20. The third-order valence-electron chi connectivity index (χ3n) is 8.46. The first-order valence-electron chi connectivity index (χ1n) is 14.1. The van der Waals surface area contributed by atoms with E-state index in [9.17, 15) is 14.4 Å². The molecule has 3 atom stereocenters. The molecule has 5 rings (SSSR count). The molecular weight excluding hydrogens is 549 g/mol. The van der Waals surface area contributed by atoms with Gasteiger partial charge in [0.15, 0.2) is 5.78 Å². The fraction of sp³-hybridized carbons (Fsp3) is 0.364. The number of rotatable bonds is 9. The summed E-state index contributed by atoms with van der Waals surface area (Å²) in [6.07, 6.45) is 0.0664. The molecule has 0 spiro atoms. The Morgan fingerprint density at radius 1 is 0.854 bits per heavy atom. The lowest BCUT2D eigenvalue weighted by molar-refractivity contribution is -0.217. The molecule has 0 bridgehead atoms. The van der Waals surface area contributed by atoms with Gasteiger partial charge in [0.1, 0.15) is 11.1 Å². The molecule has 3 aromatic rings. The molecule has 41 heavy (non-hydrogen) atoms. The highest BCUT2D eigenvalue weighted by molar-refractivity contribution is 8.01. The molecule has 2 saturated heterocycles. The Morgan fingerprint density at radius 3 is 1.63 bits per heavy atom. The van der Waals surface area contributed by atoms with E-state index in [0.29, 0.717) is 0 Å². The highest BCUT2D eigenvalue weighted by Crippen LogP contribution is 2.64. The number of Topliss-reactive ketones (excluding diaryl/α,β-unsaturated/α-hetero) is 1. The van der Waals surface area contributed by atoms with E-state index >= 15 is 0 Å². The highest BCUT2D eigenvalue weighted by Gasteiger charge is 2.72. The Bertz CT molecular complexity index is 1330. The minimum atomic E-state index is -2.02. The molecule has 2 aliphatic rings. The van der Waals surface area contributed by atoms with Crippen molar-refractivity contribution in [2.24, 2.45) is 0 Å². The molecule has 8 heteroatoms. The number of β-lactam (4-membered cyclic amide) rings is 2. The number of hydroxylamine groups is 2. The molecule has 0 unspecified atom stereocenters. The van der Waals surface area contributed by atoms with Gasteiger partial charge in [-0.15, -0.1) is 11.8 Å². The van der Waals surface area contributed by atoms with Gasteiger partial charge in [-0.05, 0) is 37.5 Å². The molecular formula is C33H38N2O4SSi. The molecule has 0 N–H and O–H groups in total. The van der Waals surface area contributed by atoms with Gasteiger partial charge in [0.2, 0.25) is 11.8 Å². The lowest BCUT2D eigenvalue weighted by Gasteiger charge is -2.63. The summed E-state index contributed by atoms with van der Waals surface area (Å²) < 4.78 is -0.718. The van der Waals surface area contributed by atoms with E-state index in [1.54, 1.807) is 11.8 Å². The van der Waals surface area contributed by atoms with Gasteiger partial charge >= 0.3 is 0 Å². The summed E-state index contributed by atoms with van der Waals surface area (Å²) in [5, 5.41) is -0.512. The molecule has 6 nitrogen and oxygen atoms in total. The average molecular weight is 587 g/mol. The Kier molecular flexibility index (Phi) is 7.78. The van der Waals surface area contributed by atoms with E-state index in [1.807, 2.05) is 80.3 Å². The zero-order chi connectivity index (χ0) is 29.6. The Morgan fingerprint density at radius 2 is 1.29 bits per heavy atom. The summed E-state index contributed by atoms with van der Waals surface area (Å²) in [6.45, 7) is 10.2. The van der Waals surface area contributed by atoms with Crippen LogP contribution < -0.4 is 0 Å². The molecule has 0 aliphatic carbocycles. The van der Waals surface area contributed by atoms with Crippen molar-refractivity contribution in [1.29, 1.82) is 0 Å². The van der Waals surface area contributed by atoms with Crippen molar-refractivity contribution in [3.63, 3.8) is 0 Å². The first-order valence-corrected chi connectivity index (χ1v) is 17.9. The van der Waals surface area contributed by atoms with Crippen LogP contribution in [0.15, 0.2) is 91.0 Å². The second-order valence-corrected chi connectivity index (χ2v) is 16.6. The smallest absolute Gasteiger partial charge is 0.249 e. The SMILES string of the molecule is CON1C(=O)C[C@@H]1C(=O)[C@]1([SiH](C)C)C(=O)N(C(C)(C)C)[C@@H]1SC(c1ccccc1)(c1ccccc1)c1ccccc1. The van der Waals surface area contributed by atoms with Gasteiger partial charge in [0, 0.05) is 5.54 Å². The Labute approximate surface area is 248 Å². The fourth-order valence-corrected chi connectivity index (χ4v) is 11.6. The maximum absolute atomic E-state index is 14.6. The Balaban J connectivity index is 1.76. The quantitative estimate of drug-likeness (QED) is 0.141. The van der Waals surface area contributed by atoms with Crippen LogP contribution in [0.25, 0.3) is 0 Å². The number of hydrogen-bond donors (Lipinski definition) is 0. The van der Waals surface area contributed by atoms with E-state index < -0.39 is 35.5 Å². The van der Waals surface area contributed by atoms with E-state index in [-0.39, 0.29) is 24.0 Å². The number of benzene rings is 3. The molecule has 0 saturated carbocycles. The number of likely N-dealkylation sites (tertiary alicyclic amines) is 1. The second-order valence-electron chi connectivity index (χ2n) is 12.1. The van der Waals surface area contributed by atoms with Crippen molar-refractivity contribution in [3.05, 3.63) is 108 Å². The van der Waals surface area contributed by atoms with Gasteiger partial charge in [-0.25, -0.2) is 5.06 Å². The first kappa shape index (κ1) is 29.3. The van der Waals surface area contributed by atoms with Crippen LogP contribution in [0.2, 0.25) is 18.1 Å². The van der Waals surface area contributed by atoms with E-state index in [4.69, 9.17) is 4.84 Å². The number of carbonyl (C=O) groups is 3. The molecule has 2 amide bonds. The van der Waals surface area contributed by atoms with Gasteiger partial charge in [-0.3, -0.25) is 19.2 Å². The molecule has 2 heterocycles. The summed E-state index contributed by atoms with van der Waals surface area (Å²) in [5.74, 6) is -0.554. The summed E-state index contributed by atoms with van der Waals surface area (Å²) in [5.41, 5.74) is 2.69. The second kappa shape index (κ2) is 10.9. The topological polar surface area (TPSA) is 66.9 Å². The largest absolute Gasteiger partial charge is 0.324 e. The van der Waals surface area contributed by atoms with Crippen LogP contribution in [-0.4, -0.2) is 60.4 Å². The van der Waals surface area contributed by atoms with E-state index in [1.165, 1.54) is 7.11 Å². The van der Waals surface area contributed by atoms with Crippen molar-refractivity contribution in [2.75, 3.05) is 7.11 Å². The predicted molar refractivity (Wildman–Crippen MR) is 166 cm³/mol. The third-order valence-corrected chi connectivity index (χ3v) is 13.2. The van der Waals surface area contributed by atoms with Crippen LogP contribution in [0.1, 0.15) is 43.9 Å². The molecule has 2 fully saturated rings. The van der Waals surface area contributed by atoms with E-state index in [2.05, 4.69) is 49.5 Å². The van der Waals surface area contributed by atoms with Crippen LogP contribution in [0, 0.1) is 0 Å². The summed E-state index contributed by atoms with van der Waals surface area (Å²) >= 11 is 1.68. The predicted octanol–water partition coefficient (Wildman–Crippen LogP) is 5.64. The fourth-order valence-electron chi connectivity index (χ4n) is 6.39. The van der Waals surface area contributed by atoms with Gasteiger partial charge in [0.05, 0.1) is 32.4 Å². The van der Waals surface area contributed by atoms with Crippen molar-refractivity contribution >= 4 is 38.2 Å². The third kappa shape index (κ3) is 4.47. The maximum Gasteiger partial charge on any atom is 0.249 e. The molecule has 3 aromatic carbocycles. The minimum Gasteiger partial charge on any atom is -0.324 e. The number of nitrogens with zero attached hydrogens (tertiary/aromatic N) is 2. The highest BCUT2D eigenvalue weighted by atomic mass is 32.2. The zero-order valence-electron chi connectivity index (χ0n) is 24.5. The summed E-state index contributed by atoms with van der Waals surface area (Å²) in [4.78, 5) is 48.5. The van der Waals surface area contributed by atoms with Crippen molar-refractivity contribution in [2.45, 2.75) is 67.0 Å². The van der Waals surface area contributed by atoms with Crippen LogP contribution in [0.5, 0.6) is 0 Å². The lowest BCUT2D eigenvalue weighted by atomic mass is 9.81. The zero-order valence-corrected chi connectivity index (χ0v) is 26.5. The summed E-state index contributed by atoms with van der Waals surface area (Å²) in [6, 6.07) is 30.3. The molecule has 0 aromatic heterocycles. The van der Waals surface area contributed by atoms with Crippen LogP contribution in [0.3, 0.4) is 0 Å². The number of thioether (sulfide) groups is 1. The monoisotopic (exact) mass is 586 g/mol. The van der Waals surface area contributed by atoms with E-state index in [0.717, 1.165) is 21.8 Å². The van der Waals surface area contributed by atoms with Gasteiger partial charge in [0.25, 0.3) is 0 Å². The standard InChI is InChI=1S/C33H38N2O4SSi/c1-31(2,3)34-29(38)33(41(5)6,28(37)26-22-27(36)35(26)39-4)30(34)40-32(23-16-10-7-11-17-23,24-18-12-8-13-19-24)25-20-14-9-15-21-25/h7-21,26,30,41H,22H2,1-6H3/t26-,30-,33+/m1/s1. The average Bonchev–Trinajstić information content (AvgIpc) is 2.94. The maximum atomic E-state index is 14.6. The van der Waals surface area contributed by atoms with Crippen LogP contribution in [0.4, 0.5) is 0 Å². The van der Waals surface area contributed by atoms with Gasteiger partial charge in [-0.1, -0.05) is 104 Å². The number of amides is 2. The van der Waals surface area contributed by atoms with Crippen molar-refractivity contribution < 1.29 is 19.2 Å². The number of hydrogen-bond acceptors (Lipinski definition) is 5. The van der Waals surface area contributed by atoms with Crippen LogP contribution >= 0.6 is 11.8 Å². The van der Waals surface area contributed by atoms with Crippen molar-refractivity contribution in [3.8, 4) is 0 Å².